The third kappa shape index (κ3) is 16.3. The molecule has 0 aromatic heterocycles. The zero-order valence-electron chi connectivity index (χ0n) is 20.3. The molecule has 0 amide bonds. The van der Waals surface area contributed by atoms with E-state index < -0.39 is 0 Å². The van der Waals surface area contributed by atoms with Crippen molar-refractivity contribution in [3.63, 3.8) is 0 Å². The van der Waals surface area contributed by atoms with Crippen LogP contribution in [0.25, 0.3) is 0 Å². The Hall–Kier alpha value is 3.88. The van der Waals surface area contributed by atoms with E-state index in [0.717, 1.165) is 0 Å². The number of hydrogen-bond donors (Lipinski definition) is 2. The first-order chi connectivity index (χ1) is 18.6. The average Bonchev–Trinajstić information content (AvgIpc) is 3.03. The lowest BCUT2D eigenvalue weighted by molar-refractivity contribution is 0.264. The molecule has 2 nitrogen and oxygen atoms in total. The van der Waals surface area contributed by atoms with Gasteiger partial charge < -0.3 is 11.5 Å². The molecule has 0 unspecified atom stereocenters. The van der Waals surface area contributed by atoms with Crippen LogP contribution in [-0.4, -0.2) is 0 Å². The predicted octanol–water partition coefficient (Wildman–Crippen LogP) is 3.00. The van der Waals surface area contributed by atoms with Crippen molar-refractivity contribution in [3.8, 4) is 0 Å². The largest absolute Gasteiger partial charge is 0.397 e. The molecular weight excluding hydrogens is 934 g/mol. The zero-order valence-corrected chi connectivity index (χ0v) is 39.1. The normalized spacial score (nSPS) is 13.5. The van der Waals surface area contributed by atoms with Crippen LogP contribution in [0.1, 0.15) is 45.7 Å². The number of benzene rings is 1. The van der Waals surface area contributed by atoms with Crippen molar-refractivity contribution >= 4 is 220 Å². The van der Waals surface area contributed by atoms with Crippen molar-refractivity contribution in [2.45, 2.75) is 45.4 Å². The topological polar surface area (TPSA) is 52.0 Å². The highest BCUT2D eigenvalue weighted by atomic mass is 33.5. The second-order valence-corrected chi connectivity index (χ2v) is 44.8. The van der Waals surface area contributed by atoms with Crippen LogP contribution in [0.3, 0.4) is 0 Å². The van der Waals surface area contributed by atoms with Gasteiger partial charge in [0.05, 0.1) is 11.4 Å². The molecule has 0 heterocycles. The quantitative estimate of drug-likeness (QED) is 0.394. The van der Waals surface area contributed by atoms with Crippen LogP contribution in [0.2, 0.25) is 0 Å². The minimum atomic E-state index is 0.167. The lowest BCUT2D eigenvalue weighted by atomic mass is 9.71. The monoisotopic (exact) mass is 954 g/mol. The third-order valence-electron chi connectivity index (χ3n) is 5.33. The number of nitrogen functional groups attached to an aromatic ring is 2. The lowest BCUT2D eigenvalue weighted by Crippen LogP contribution is -2.30. The first-order valence-corrected chi connectivity index (χ1v) is 38.9. The van der Waals surface area contributed by atoms with Crippen LogP contribution in [0.5, 0.6) is 0 Å². The van der Waals surface area contributed by atoms with E-state index in [1.807, 2.05) is 26.6 Å². The summed E-state index contributed by atoms with van der Waals surface area (Å²) in [6, 6.07) is 4.13. The Bertz CT molecular complexity index is 1860. The summed E-state index contributed by atoms with van der Waals surface area (Å²) in [7, 11) is 36.3. The lowest BCUT2D eigenvalue weighted by Gasteiger charge is -2.32. The minimum absolute atomic E-state index is 0.167. The molecule has 0 spiro atoms. The minimum Gasteiger partial charge on any atom is -0.397 e. The highest BCUT2D eigenvalue weighted by molar-refractivity contribution is 8.78. The Balaban J connectivity index is 0.000000412. The van der Waals surface area contributed by atoms with E-state index in [2.05, 4.69) is 46.8 Å². The van der Waals surface area contributed by atoms with Gasteiger partial charge in [-0.05, 0) is 40.0 Å². The van der Waals surface area contributed by atoms with E-state index in [1.54, 1.807) is 142 Å². The molecule has 1 aliphatic rings. The first kappa shape index (κ1) is 40.9. The second kappa shape index (κ2) is 24.1. The van der Waals surface area contributed by atoms with Gasteiger partial charge in [-0.25, -0.2) is 0 Å². The summed E-state index contributed by atoms with van der Waals surface area (Å²) in [5.74, 6) is 0.580. The van der Waals surface area contributed by atoms with Crippen LogP contribution in [0.15, 0.2) is 12.1 Å². The van der Waals surface area contributed by atoms with E-state index in [1.165, 1.54) is 28.9 Å². The summed E-state index contributed by atoms with van der Waals surface area (Å²) in [6.45, 7) is 11.5. The predicted molar refractivity (Wildman–Crippen MR) is 240 cm³/mol. The molecule has 0 aliphatic heterocycles. The number of nitrogens with two attached hydrogens (primary N) is 2. The van der Waals surface area contributed by atoms with Gasteiger partial charge in [0.15, 0.2) is 0 Å². The van der Waals surface area contributed by atoms with Crippen molar-refractivity contribution in [2.24, 2.45) is 5.92 Å². The van der Waals surface area contributed by atoms with Crippen molar-refractivity contribution < 1.29 is 0 Å². The molecule has 0 saturated carbocycles. The number of rotatable bonds is 0. The maximum Gasteiger partial charge on any atom is 0.0550 e. The Morgan fingerprint density at radius 1 is 0.487 bits per heavy atom. The Morgan fingerprint density at radius 3 is 0.897 bits per heavy atom. The van der Waals surface area contributed by atoms with E-state index in [4.69, 9.17) is 33.8 Å². The van der Waals surface area contributed by atoms with E-state index in [-0.39, 0.29) is 10.8 Å². The Kier molecular flexibility index (Phi) is 25.3. The molecule has 39 heavy (non-hydrogen) atoms. The number of anilines is 2. The molecule has 1 aromatic carbocycles. The van der Waals surface area contributed by atoms with E-state index in [9.17, 15) is 0 Å². The smallest absolute Gasteiger partial charge is 0.0550 e. The highest BCUT2D eigenvalue weighted by Crippen LogP contribution is 2.54. The molecule has 1 aliphatic carbocycles. The molecular formula is C14H22N2S23. The van der Waals surface area contributed by atoms with Gasteiger partial charge in [-0.3, -0.25) is 0 Å². The average molecular weight is 956 g/mol. The van der Waals surface area contributed by atoms with Crippen LogP contribution in [0.4, 0.5) is 11.4 Å². The summed E-state index contributed by atoms with van der Waals surface area (Å²) in [5.41, 5.74) is 16.3. The van der Waals surface area contributed by atoms with E-state index >= 15 is 0 Å². The Morgan fingerprint density at radius 2 is 0.692 bits per heavy atom. The molecule has 0 atom stereocenters. The summed E-state index contributed by atoms with van der Waals surface area (Å²) in [6.07, 6.45) is 0. The fourth-order valence-corrected chi connectivity index (χ4v) is 55.4. The van der Waals surface area contributed by atoms with Gasteiger partial charge in [0.1, 0.15) is 0 Å². The van der Waals surface area contributed by atoms with Crippen molar-refractivity contribution in [2.75, 3.05) is 11.5 Å². The van der Waals surface area contributed by atoms with Crippen molar-refractivity contribution in [1.29, 1.82) is 0 Å². The maximum absolute atomic E-state index is 5.92. The van der Waals surface area contributed by atoms with Crippen LogP contribution >= 0.6 is 0 Å². The zero-order chi connectivity index (χ0) is 29.2. The van der Waals surface area contributed by atoms with Crippen molar-refractivity contribution in [3.05, 3.63) is 23.3 Å². The fourth-order valence-electron chi connectivity index (χ4n) is 3.28. The molecule has 0 fully saturated rings. The van der Waals surface area contributed by atoms with Crippen LogP contribution in [0, 0.1) is 5.92 Å². The SMILES string of the molecule is CC1C(C)(C)c2cc(N)c(N)cc2C1(C)C.S=S=S=S=S=S=S=S=S=S=S=S=S=S=S=S=S=S=S=S=S=S=S. The first-order valence-electron chi connectivity index (χ1n) is 9.55. The van der Waals surface area contributed by atoms with Gasteiger partial charge >= 0.3 is 0 Å². The molecule has 0 radical (unpaired) electrons. The maximum atomic E-state index is 5.92. The third-order valence-corrected chi connectivity index (χ3v) is 49.8. The highest BCUT2D eigenvalue weighted by Gasteiger charge is 2.48. The second-order valence-electron chi connectivity index (χ2n) is 7.62. The standard InChI is InChI=1S/C14H22N2.S23/c1-8-13(2,3)9-6-11(15)12(16)7-10(9)14(8,4)5;1-3-5-7-9-11-13-15-17-19-21-23-22-20-18-16-14-12-10-8-6-4-2/h6-8H,15-16H2,1-5H3;. The van der Waals surface area contributed by atoms with Crippen LogP contribution in [-0.2, 0) is 220 Å². The Labute approximate surface area is 300 Å². The molecule has 25 heteroatoms. The number of fused-ring (bicyclic) bond motifs is 1. The number of hydrogen-bond acceptors (Lipinski definition) is 4. The van der Waals surface area contributed by atoms with Crippen LogP contribution < -0.4 is 11.5 Å². The molecule has 0 bridgehead atoms. The summed E-state index contributed by atoms with van der Waals surface area (Å²) >= 11 is 9.54. The molecule has 0 saturated heterocycles. The van der Waals surface area contributed by atoms with Crippen molar-refractivity contribution in [1.82, 2.24) is 0 Å². The van der Waals surface area contributed by atoms with Gasteiger partial charge in [-0.15, -0.1) is 0 Å². The van der Waals surface area contributed by atoms with Gasteiger partial charge in [0.2, 0.25) is 0 Å². The van der Waals surface area contributed by atoms with Gasteiger partial charge in [-0.1, -0.05) is 34.6 Å². The fraction of sp³-hybridized carbons (Fsp3) is 0.571. The summed E-state index contributed by atoms with van der Waals surface area (Å²) < 4.78 is 0. The van der Waals surface area contributed by atoms with E-state index in [0.29, 0.717) is 17.3 Å². The summed E-state index contributed by atoms with van der Waals surface area (Å²) in [4.78, 5) is 0. The molecule has 4 N–H and O–H groups in total. The molecule has 2 rings (SSSR count). The van der Waals surface area contributed by atoms with Gasteiger partial charge in [-0.2, -0.15) is 0 Å². The van der Waals surface area contributed by atoms with Gasteiger partial charge in [0.25, 0.3) is 0 Å². The molecule has 226 valence electrons. The molecule has 1 aromatic rings. The van der Waals surface area contributed by atoms with Gasteiger partial charge in [0, 0.05) is 209 Å². The summed E-state index contributed by atoms with van der Waals surface area (Å²) in [5, 5.41) is 0.